The van der Waals surface area contributed by atoms with E-state index in [9.17, 15) is 18.0 Å². The molecule has 8 heteroatoms. The third-order valence-electron chi connectivity index (χ3n) is 7.41. The molecule has 2 aromatic carbocycles. The van der Waals surface area contributed by atoms with Gasteiger partial charge in [0.05, 0.1) is 18.1 Å². The second kappa shape index (κ2) is 8.17. The number of carbonyl (C=O) groups excluding carboxylic acids is 1. The Balaban J connectivity index is 1.51. The number of rotatable bonds is 5. The van der Waals surface area contributed by atoms with Gasteiger partial charge in [-0.2, -0.15) is 0 Å². The van der Waals surface area contributed by atoms with E-state index in [4.69, 9.17) is 11.5 Å². The highest BCUT2D eigenvalue weighted by Crippen LogP contribution is 2.56. The zero-order valence-electron chi connectivity index (χ0n) is 17.6. The molecule has 5 nitrogen and oxygen atoms in total. The summed E-state index contributed by atoms with van der Waals surface area (Å²) < 4.78 is 42.1. The van der Waals surface area contributed by atoms with Gasteiger partial charge in [0.25, 0.3) is 6.43 Å². The summed E-state index contributed by atoms with van der Waals surface area (Å²) in [5, 5.41) is 0. The third-order valence-corrected chi connectivity index (χ3v) is 7.41. The quantitative estimate of drug-likeness (QED) is 0.695. The van der Waals surface area contributed by atoms with E-state index in [-0.39, 0.29) is 24.5 Å². The number of alkyl halides is 2. The van der Waals surface area contributed by atoms with E-state index in [1.54, 1.807) is 12.1 Å². The van der Waals surface area contributed by atoms with Crippen LogP contribution in [0.5, 0.6) is 0 Å². The number of hydrogen-bond acceptors (Lipinski definition) is 4. The van der Waals surface area contributed by atoms with Gasteiger partial charge >= 0.3 is 0 Å². The number of benzene rings is 2. The van der Waals surface area contributed by atoms with Gasteiger partial charge in [0.1, 0.15) is 5.82 Å². The van der Waals surface area contributed by atoms with Crippen molar-refractivity contribution < 1.29 is 18.0 Å². The normalized spacial score (nSPS) is 29.9. The Labute approximate surface area is 185 Å². The summed E-state index contributed by atoms with van der Waals surface area (Å²) in [6.45, 7) is 0.850. The number of nitrogens with two attached hydrogens (primary N) is 2. The van der Waals surface area contributed by atoms with Crippen LogP contribution in [0, 0.1) is 17.7 Å². The number of hydrogen-bond donors (Lipinski definition) is 2. The largest absolute Gasteiger partial charge is 0.329 e. The van der Waals surface area contributed by atoms with Crippen molar-refractivity contribution in [3.63, 3.8) is 0 Å². The van der Waals surface area contributed by atoms with Gasteiger partial charge in [0.2, 0.25) is 5.91 Å². The molecular weight excluding hydrogens is 417 g/mol. The maximum Gasteiger partial charge on any atom is 0.259 e. The fraction of sp³-hybridized carbons (Fsp3) is 0.458. The van der Waals surface area contributed by atoms with Gasteiger partial charge in [-0.25, -0.2) is 13.2 Å². The molecule has 0 aliphatic carbocycles. The highest BCUT2D eigenvalue weighted by molar-refractivity contribution is 5.84. The van der Waals surface area contributed by atoms with Crippen molar-refractivity contribution in [3.8, 4) is 0 Å². The lowest BCUT2D eigenvalue weighted by atomic mass is 9.82. The van der Waals surface area contributed by atoms with Crippen LogP contribution in [-0.4, -0.2) is 40.8 Å². The highest BCUT2D eigenvalue weighted by Gasteiger charge is 2.64. The molecule has 0 spiro atoms. The molecule has 1 amide bonds. The van der Waals surface area contributed by atoms with Crippen molar-refractivity contribution in [3.05, 3.63) is 71.0 Å². The number of halogens is 3. The first-order valence-electron chi connectivity index (χ1n) is 11.1. The Morgan fingerprint density at radius 1 is 1.03 bits per heavy atom. The number of amides is 1. The van der Waals surface area contributed by atoms with E-state index in [1.807, 2.05) is 24.3 Å². The van der Waals surface area contributed by atoms with Crippen LogP contribution < -0.4 is 11.5 Å². The molecule has 0 aromatic heterocycles. The molecule has 4 N–H and O–H groups in total. The minimum Gasteiger partial charge on any atom is -0.329 e. The third kappa shape index (κ3) is 3.41. The Morgan fingerprint density at radius 3 is 2.34 bits per heavy atom. The first-order chi connectivity index (χ1) is 15.4. The first kappa shape index (κ1) is 21.4. The van der Waals surface area contributed by atoms with Gasteiger partial charge in [-0.15, -0.1) is 0 Å². The Morgan fingerprint density at radius 2 is 1.72 bits per heavy atom. The lowest BCUT2D eigenvalue weighted by Gasteiger charge is -2.33. The van der Waals surface area contributed by atoms with Crippen molar-refractivity contribution in [1.29, 1.82) is 0 Å². The van der Waals surface area contributed by atoms with Crippen molar-refractivity contribution >= 4 is 5.91 Å². The monoisotopic (exact) mass is 444 g/mol. The minimum absolute atomic E-state index is 0.0531. The van der Waals surface area contributed by atoms with Gasteiger partial charge in [-0.1, -0.05) is 36.4 Å². The van der Waals surface area contributed by atoms with E-state index in [0.717, 1.165) is 30.5 Å². The molecule has 5 atom stereocenters. The fourth-order valence-corrected chi connectivity index (χ4v) is 6.10. The van der Waals surface area contributed by atoms with Gasteiger partial charge in [0, 0.05) is 24.5 Å². The van der Waals surface area contributed by atoms with Gasteiger partial charge < -0.3 is 16.4 Å². The summed E-state index contributed by atoms with van der Waals surface area (Å²) >= 11 is 0. The molecular formula is C24H27F3N4O. The number of carbonyl (C=O) groups is 1. The average molecular weight is 445 g/mol. The molecule has 0 saturated carbocycles. The predicted octanol–water partition coefficient (Wildman–Crippen LogP) is 3.17. The van der Waals surface area contributed by atoms with Crippen LogP contribution in [-0.2, 0) is 11.3 Å². The van der Waals surface area contributed by atoms with Crippen LogP contribution in [0.15, 0.2) is 48.5 Å². The summed E-state index contributed by atoms with van der Waals surface area (Å²) in [7, 11) is 0. The standard InChI is InChI=1S/C24H27F3N4O/c25-16-9-3-13(4-10-16)12-31-21(22(26)27)18-17-2-1-11-30(17)20(19(18)24(31)32)14-5-7-15(8-6-14)23(28)29/h3-10,17-23H,1-2,11-12,28-29H2/t17-,18-,19-,20-,21-/m0/s1. The Kier molecular flexibility index (Phi) is 5.47. The fourth-order valence-electron chi connectivity index (χ4n) is 6.10. The minimum atomic E-state index is -2.65. The van der Waals surface area contributed by atoms with Crippen LogP contribution in [0.25, 0.3) is 0 Å². The van der Waals surface area contributed by atoms with E-state index in [2.05, 4.69) is 4.90 Å². The van der Waals surface area contributed by atoms with Crippen LogP contribution in [0.4, 0.5) is 13.2 Å². The molecule has 5 rings (SSSR count). The molecule has 3 fully saturated rings. The van der Waals surface area contributed by atoms with E-state index < -0.39 is 36.3 Å². The SMILES string of the molecule is NC(N)c1ccc([C@H]2[C@H]3C(=O)N(Cc4ccc(F)cc4)[C@H](C(F)F)[C@H]3[C@@H]3CCCN32)cc1. The lowest BCUT2D eigenvalue weighted by molar-refractivity contribution is -0.136. The van der Waals surface area contributed by atoms with Crippen molar-refractivity contribution in [2.24, 2.45) is 23.3 Å². The maximum atomic E-state index is 14.4. The van der Waals surface area contributed by atoms with Gasteiger partial charge in [-0.05, 0) is 48.2 Å². The summed E-state index contributed by atoms with van der Waals surface area (Å²) in [5.41, 5.74) is 13.9. The van der Waals surface area contributed by atoms with Crippen LogP contribution in [0.1, 0.15) is 41.7 Å². The van der Waals surface area contributed by atoms with E-state index in [1.165, 1.54) is 17.0 Å². The lowest BCUT2D eigenvalue weighted by Crippen LogP contribution is -2.45. The van der Waals surface area contributed by atoms with E-state index in [0.29, 0.717) is 5.56 Å². The smallest absolute Gasteiger partial charge is 0.259 e. The van der Waals surface area contributed by atoms with Gasteiger partial charge in [0.15, 0.2) is 0 Å². The highest BCUT2D eigenvalue weighted by atomic mass is 19.3. The maximum absolute atomic E-state index is 14.4. The molecule has 170 valence electrons. The molecule has 0 radical (unpaired) electrons. The van der Waals surface area contributed by atoms with Crippen LogP contribution in [0.3, 0.4) is 0 Å². The molecule has 2 aromatic rings. The molecule has 3 aliphatic heterocycles. The van der Waals surface area contributed by atoms with E-state index >= 15 is 0 Å². The molecule has 3 heterocycles. The molecule has 0 bridgehead atoms. The molecule has 3 saturated heterocycles. The Bertz CT molecular complexity index is 982. The molecule has 0 unspecified atom stereocenters. The van der Waals surface area contributed by atoms with Crippen molar-refractivity contribution in [1.82, 2.24) is 9.80 Å². The summed E-state index contributed by atoms with van der Waals surface area (Å²) in [4.78, 5) is 17.2. The van der Waals surface area contributed by atoms with Crippen molar-refractivity contribution in [2.45, 2.75) is 50.1 Å². The molecule has 32 heavy (non-hydrogen) atoms. The second-order valence-corrected chi connectivity index (χ2v) is 9.11. The average Bonchev–Trinajstić information content (AvgIpc) is 3.42. The summed E-state index contributed by atoms with van der Waals surface area (Å²) in [6, 6.07) is 11.8. The zero-order valence-corrected chi connectivity index (χ0v) is 17.6. The predicted molar refractivity (Wildman–Crippen MR) is 114 cm³/mol. The summed E-state index contributed by atoms with van der Waals surface area (Å²) in [5.74, 6) is -1.61. The topological polar surface area (TPSA) is 75.6 Å². The molecule has 3 aliphatic rings. The Hall–Kier alpha value is -2.42. The zero-order chi connectivity index (χ0) is 22.6. The van der Waals surface area contributed by atoms with Crippen molar-refractivity contribution in [2.75, 3.05) is 6.54 Å². The summed E-state index contributed by atoms with van der Waals surface area (Å²) in [6.07, 6.45) is -1.50. The van der Waals surface area contributed by atoms with Gasteiger partial charge in [-0.3, -0.25) is 9.69 Å². The first-order valence-corrected chi connectivity index (χ1v) is 11.1. The number of likely N-dealkylation sites (tertiary alicyclic amines) is 1. The number of nitrogens with zero attached hydrogens (tertiary/aromatic N) is 2. The second-order valence-electron chi connectivity index (χ2n) is 9.11. The number of fused-ring (bicyclic) bond motifs is 3. The van der Waals surface area contributed by atoms with Crippen LogP contribution >= 0.6 is 0 Å². The van der Waals surface area contributed by atoms with Crippen LogP contribution in [0.2, 0.25) is 0 Å².